The van der Waals surface area contributed by atoms with Gasteiger partial charge in [-0.2, -0.15) is 0 Å². The number of fused-ring (bicyclic) bond motifs is 1. The van der Waals surface area contributed by atoms with Crippen LogP contribution >= 0.6 is 15.9 Å². The summed E-state index contributed by atoms with van der Waals surface area (Å²) in [7, 11) is 0. The quantitative estimate of drug-likeness (QED) is 0.786. The largest absolute Gasteiger partial charge is 0.369 e. The molecular weight excluding hydrogens is 302 g/mol. The molecule has 2 nitrogen and oxygen atoms in total. The second-order valence-corrected chi connectivity index (χ2v) is 6.02. The number of hydrogen-bond donors (Lipinski definition) is 0. The van der Waals surface area contributed by atoms with Gasteiger partial charge in [0.25, 0.3) is 5.92 Å². The van der Waals surface area contributed by atoms with E-state index in [0.29, 0.717) is 6.54 Å². The molecule has 2 saturated heterocycles. The van der Waals surface area contributed by atoms with Crippen LogP contribution in [0.5, 0.6) is 0 Å². The van der Waals surface area contributed by atoms with Crippen molar-refractivity contribution < 1.29 is 8.78 Å². The van der Waals surface area contributed by atoms with E-state index < -0.39 is 5.92 Å². The van der Waals surface area contributed by atoms with Gasteiger partial charge < -0.3 is 4.90 Å². The first-order valence-corrected chi connectivity index (χ1v) is 6.95. The Bertz CT molecular complexity index is 435. The zero-order chi connectivity index (χ0) is 12.8. The van der Waals surface area contributed by atoms with Crippen LogP contribution in [0.2, 0.25) is 0 Å². The number of halogens is 3. The molecule has 0 aliphatic carbocycles. The lowest BCUT2D eigenvalue weighted by atomic mass is 10.1. The van der Waals surface area contributed by atoms with Gasteiger partial charge in [-0.3, -0.25) is 4.90 Å². The Balaban J connectivity index is 1.72. The molecule has 2 fully saturated rings. The van der Waals surface area contributed by atoms with E-state index in [9.17, 15) is 8.78 Å². The first-order chi connectivity index (χ1) is 8.53. The van der Waals surface area contributed by atoms with E-state index >= 15 is 0 Å². The van der Waals surface area contributed by atoms with Crippen LogP contribution in [-0.4, -0.2) is 43.0 Å². The molecule has 0 saturated carbocycles. The fraction of sp³-hybridized carbons (Fsp3) is 0.538. The number of nitrogens with zero attached hydrogens (tertiary/aromatic N) is 2. The third kappa shape index (κ3) is 2.38. The van der Waals surface area contributed by atoms with E-state index in [-0.39, 0.29) is 19.0 Å². The smallest absolute Gasteiger partial charge is 0.262 e. The van der Waals surface area contributed by atoms with Gasteiger partial charge in [-0.15, -0.1) is 0 Å². The summed E-state index contributed by atoms with van der Waals surface area (Å²) in [6, 6.07) is 8.05. The molecule has 1 aromatic rings. The van der Waals surface area contributed by atoms with Gasteiger partial charge in [0.1, 0.15) is 0 Å². The van der Waals surface area contributed by atoms with Gasteiger partial charge in [-0.05, 0) is 24.3 Å². The van der Waals surface area contributed by atoms with Crippen molar-refractivity contribution in [2.24, 2.45) is 0 Å². The molecule has 0 N–H and O–H groups in total. The molecule has 2 aliphatic rings. The van der Waals surface area contributed by atoms with Crippen molar-refractivity contribution in [2.45, 2.75) is 18.4 Å². The van der Waals surface area contributed by atoms with Crippen LogP contribution in [0.4, 0.5) is 14.5 Å². The first kappa shape index (κ1) is 12.4. The Morgan fingerprint density at radius 3 is 2.61 bits per heavy atom. The maximum Gasteiger partial charge on any atom is 0.262 e. The molecule has 18 heavy (non-hydrogen) atoms. The highest BCUT2D eigenvalue weighted by atomic mass is 79.9. The fourth-order valence-corrected chi connectivity index (χ4v) is 3.15. The predicted octanol–water partition coefficient (Wildman–Crippen LogP) is 2.98. The Hall–Kier alpha value is -0.680. The number of anilines is 1. The van der Waals surface area contributed by atoms with E-state index in [0.717, 1.165) is 23.2 Å². The zero-order valence-corrected chi connectivity index (χ0v) is 11.5. The van der Waals surface area contributed by atoms with E-state index in [4.69, 9.17) is 0 Å². The third-order valence-electron chi connectivity index (χ3n) is 3.77. The molecule has 1 atom stereocenters. The summed E-state index contributed by atoms with van der Waals surface area (Å²) >= 11 is 3.40. The van der Waals surface area contributed by atoms with E-state index in [1.165, 1.54) is 0 Å². The third-order valence-corrected chi connectivity index (χ3v) is 4.29. The highest BCUT2D eigenvalue weighted by Gasteiger charge is 2.46. The van der Waals surface area contributed by atoms with Crippen LogP contribution in [0, 0.1) is 0 Å². The van der Waals surface area contributed by atoms with Crippen molar-refractivity contribution in [3.63, 3.8) is 0 Å². The van der Waals surface area contributed by atoms with Gasteiger partial charge in [-0.1, -0.05) is 15.9 Å². The molecule has 0 aromatic heterocycles. The van der Waals surface area contributed by atoms with Crippen LogP contribution in [-0.2, 0) is 0 Å². The SMILES string of the molecule is FC1(F)C[C@H]2CN(c3ccc(Br)cc3)CCN2C1. The van der Waals surface area contributed by atoms with Crippen molar-refractivity contribution in [3.8, 4) is 0 Å². The Labute approximate surface area is 114 Å². The summed E-state index contributed by atoms with van der Waals surface area (Å²) in [5.74, 6) is -2.50. The average Bonchev–Trinajstić information content (AvgIpc) is 2.62. The maximum absolute atomic E-state index is 13.4. The van der Waals surface area contributed by atoms with Gasteiger partial charge in [0.15, 0.2) is 0 Å². The number of benzene rings is 1. The minimum absolute atomic E-state index is 0.0000278. The van der Waals surface area contributed by atoms with Gasteiger partial charge in [0.2, 0.25) is 0 Å². The standard InChI is InChI=1S/C13H15BrF2N2/c14-10-1-3-11(4-2-10)17-5-6-18-9-13(15,16)7-12(18)8-17/h1-4,12H,5-9H2/t12-/m0/s1. The van der Waals surface area contributed by atoms with Crippen LogP contribution in [0.1, 0.15) is 6.42 Å². The molecule has 0 spiro atoms. The Morgan fingerprint density at radius 2 is 1.89 bits per heavy atom. The second kappa shape index (κ2) is 4.46. The minimum Gasteiger partial charge on any atom is -0.369 e. The Kier molecular flexibility index (Phi) is 3.06. The van der Waals surface area contributed by atoms with E-state index in [2.05, 4.69) is 20.8 Å². The lowest BCUT2D eigenvalue weighted by Crippen LogP contribution is -2.50. The zero-order valence-electron chi connectivity index (χ0n) is 9.95. The number of alkyl halides is 2. The molecule has 0 amide bonds. The topological polar surface area (TPSA) is 6.48 Å². The van der Waals surface area contributed by atoms with Gasteiger partial charge in [0, 0.05) is 42.3 Å². The highest BCUT2D eigenvalue weighted by Crippen LogP contribution is 2.34. The Morgan fingerprint density at radius 1 is 1.17 bits per heavy atom. The fourth-order valence-electron chi connectivity index (χ4n) is 2.89. The highest BCUT2D eigenvalue weighted by molar-refractivity contribution is 9.10. The minimum atomic E-state index is -2.50. The van der Waals surface area contributed by atoms with Crippen molar-refractivity contribution in [1.82, 2.24) is 4.90 Å². The van der Waals surface area contributed by atoms with Crippen LogP contribution in [0.3, 0.4) is 0 Å². The predicted molar refractivity (Wildman–Crippen MR) is 71.3 cm³/mol. The van der Waals surface area contributed by atoms with Crippen LogP contribution in [0.25, 0.3) is 0 Å². The van der Waals surface area contributed by atoms with E-state index in [1.807, 2.05) is 29.2 Å². The summed E-state index contributed by atoms with van der Waals surface area (Å²) < 4.78 is 27.8. The number of rotatable bonds is 1. The molecule has 0 unspecified atom stereocenters. The second-order valence-electron chi connectivity index (χ2n) is 5.11. The van der Waals surface area contributed by atoms with Crippen molar-refractivity contribution in [3.05, 3.63) is 28.7 Å². The summed E-state index contributed by atoms with van der Waals surface area (Å²) in [6.07, 6.45) is 0.0000278. The maximum atomic E-state index is 13.4. The molecule has 0 bridgehead atoms. The van der Waals surface area contributed by atoms with E-state index in [1.54, 1.807) is 0 Å². The summed E-state index contributed by atoms with van der Waals surface area (Å²) in [5, 5.41) is 0. The summed E-state index contributed by atoms with van der Waals surface area (Å²) in [5.41, 5.74) is 1.12. The summed E-state index contributed by atoms with van der Waals surface area (Å²) in [6.45, 7) is 2.20. The lowest BCUT2D eigenvalue weighted by molar-refractivity contribution is 0.0126. The number of hydrogen-bond acceptors (Lipinski definition) is 2. The van der Waals surface area contributed by atoms with Gasteiger partial charge in [-0.25, -0.2) is 8.78 Å². The van der Waals surface area contributed by atoms with Crippen molar-refractivity contribution in [1.29, 1.82) is 0 Å². The van der Waals surface area contributed by atoms with Crippen LogP contribution in [0.15, 0.2) is 28.7 Å². The van der Waals surface area contributed by atoms with Crippen molar-refractivity contribution in [2.75, 3.05) is 31.1 Å². The average molecular weight is 317 g/mol. The molecule has 3 rings (SSSR count). The molecule has 98 valence electrons. The van der Waals surface area contributed by atoms with Crippen molar-refractivity contribution >= 4 is 21.6 Å². The van der Waals surface area contributed by atoms with Crippen LogP contribution < -0.4 is 4.90 Å². The number of piperazine rings is 1. The summed E-state index contributed by atoms with van der Waals surface area (Å²) in [4.78, 5) is 4.13. The molecule has 2 aliphatic heterocycles. The molecule has 0 radical (unpaired) electrons. The van der Waals surface area contributed by atoms with Gasteiger partial charge >= 0.3 is 0 Å². The molecule has 5 heteroatoms. The van der Waals surface area contributed by atoms with Gasteiger partial charge in [0.05, 0.1) is 6.54 Å². The molecular formula is C13H15BrF2N2. The molecule has 1 aromatic carbocycles. The lowest BCUT2D eigenvalue weighted by Gasteiger charge is -2.38. The molecule has 2 heterocycles. The normalized spacial score (nSPS) is 27.3. The monoisotopic (exact) mass is 316 g/mol. The first-order valence-electron chi connectivity index (χ1n) is 6.16.